The Balaban J connectivity index is 2.40. The zero-order chi connectivity index (χ0) is 13.1. The van der Waals surface area contributed by atoms with Crippen LogP contribution in [0.2, 0.25) is 0 Å². The minimum Gasteiger partial charge on any atom is -0.327 e. The molecule has 0 bridgehead atoms. The summed E-state index contributed by atoms with van der Waals surface area (Å²) in [5.41, 5.74) is 2.44. The molecule has 2 nitrogen and oxygen atoms in total. The van der Waals surface area contributed by atoms with E-state index in [4.69, 9.17) is 11.6 Å². The second-order valence-electron chi connectivity index (χ2n) is 4.13. The van der Waals surface area contributed by atoms with Gasteiger partial charge in [0.1, 0.15) is 11.6 Å². The molecule has 4 heteroatoms. The molecule has 94 valence electrons. The van der Waals surface area contributed by atoms with Crippen molar-refractivity contribution in [3.8, 4) is 0 Å². The molecule has 0 fully saturated rings. The standard InChI is InChI=1S/C14H14ClFN2/c1-10-7-11(8-15)9-17-14(10)18(2)13-6-4-3-5-12(13)16/h3-7,9H,8H2,1-2H3. The maximum Gasteiger partial charge on any atom is 0.146 e. The van der Waals surface area contributed by atoms with Crippen LogP contribution in [0.1, 0.15) is 11.1 Å². The van der Waals surface area contributed by atoms with Crippen LogP contribution in [0.5, 0.6) is 0 Å². The lowest BCUT2D eigenvalue weighted by molar-refractivity contribution is 0.627. The molecule has 0 amide bonds. The van der Waals surface area contributed by atoms with Crippen LogP contribution >= 0.6 is 11.6 Å². The minimum absolute atomic E-state index is 0.261. The van der Waals surface area contributed by atoms with E-state index in [2.05, 4.69) is 4.98 Å². The first-order valence-corrected chi connectivity index (χ1v) is 6.16. The Kier molecular flexibility index (Phi) is 3.82. The van der Waals surface area contributed by atoms with Gasteiger partial charge in [0.2, 0.25) is 0 Å². The van der Waals surface area contributed by atoms with Gasteiger partial charge in [0.25, 0.3) is 0 Å². The lowest BCUT2D eigenvalue weighted by atomic mass is 10.2. The van der Waals surface area contributed by atoms with E-state index in [1.807, 2.05) is 13.0 Å². The first-order valence-electron chi connectivity index (χ1n) is 5.63. The molecule has 0 unspecified atom stereocenters. The molecular weight excluding hydrogens is 251 g/mol. The van der Waals surface area contributed by atoms with E-state index in [9.17, 15) is 4.39 Å². The number of hydrogen-bond donors (Lipinski definition) is 0. The number of halogens is 2. The Labute approximate surface area is 111 Å². The molecule has 0 saturated carbocycles. The van der Waals surface area contributed by atoms with Crippen molar-refractivity contribution in [2.75, 3.05) is 11.9 Å². The predicted octanol–water partition coefficient (Wildman–Crippen LogP) is 4.04. The van der Waals surface area contributed by atoms with Crippen molar-refractivity contribution in [1.29, 1.82) is 0 Å². The van der Waals surface area contributed by atoms with Crippen LogP contribution in [0.15, 0.2) is 36.5 Å². The summed E-state index contributed by atoms with van der Waals surface area (Å²) in [7, 11) is 1.80. The number of nitrogens with zero attached hydrogens (tertiary/aromatic N) is 2. The first kappa shape index (κ1) is 12.8. The van der Waals surface area contributed by atoms with Gasteiger partial charge in [0.15, 0.2) is 0 Å². The topological polar surface area (TPSA) is 16.1 Å². The highest BCUT2D eigenvalue weighted by Gasteiger charge is 2.12. The van der Waals surface area contributed by atoms with E-state index in [1.165, 1.54) is 6.07 Å². The number of pyridine rings is 1. The second kappa shape index (κ2) is 5.36. The highest BCUT2D eigenvalue weighted by Crippen LogP contribution is 2.27. The molecule has 2 rings (SSSR count). The smallest absolute Gasteiger partial charge is 0.146 e. The van der Waals surface area contributed by atoms with Crippen molar-refractivity contribution >= 4 is 23.1 Å². The Hall–Kier alpha value is -1.61. The molecule has 0 radical (unpaired) electrons. The van der Waals surface area contributed by atoms with E-state index < -0.39 is 0 Å². The van der Waals surface area contributed by atoms with Gasteiger partial charge in [-0.05, 0) is 36.2 Å². The van der Waals surface area contributed by atoms with Gasteiger partial charge < -0.3 is 4.90 Å². The van der Waals surface area contributed by atoms with Crippen molar-refractivity contribution in [3.63, 3.8) is 0 Å². The molecule has 1 aromatic heterocycles. The third-order valence-electron chi connectivity index (χ3n) is 2.79. The van der Waals surface area contributed by atoms with E-state index in [-0.39, 0.29) is 5.82 Å². The highest BCUT2D eigenvalue weighted by molar-refractivity contribution is 6.17. The molecule has 0 spiro atoms. The number of para-hydroxylation sites is 1. The molecule has 0 aliphatic heterocycles. The lowest BCUT2D eigenvalue weighted by Gasteiger charge is -2.21. The van der Waals surface area contributed by atoms with Crippen LogP contribution in [0.3, 0.4) is 0 Å². The molecule has 0 aliphatic carbocycles. The summed E-state index contributed by atoms with van der Waals surface area (Å²) < 4.78 is 13.7. The van der Waals surface area contributed by atoms with E-state index in [0.717, 1.165) is 16.9 Å². The third-order valence-corrected chi connectivity index (χ3v) is 3.10. The van der Waals surface area contributed by atoms with Crippen molar-refractivity contribution < 1.29 is 4.39 Å². The van der Waals surface area contributed by atoms with E-state index in [0.29, 0.717) is 11.6 Å². The average molecular weight is 265 g/mol. The van der Waals surface area contributed by atoms with Crippen molar-refractivity contribution in [1.82, 2.24) is 4.98 Å². The van der Waals surface area contributed by atoms with E-state index in [1.54, 1.807) is 36.3 Å². The SMILES string of the molecule is Cc1cc(CCl)cnc1N(C)c1ccccc1F. The fourth-order valence-corrected chi connectivity index (χ4v) is 2.03. The minimum atomic E-state index is -0.261. The van der Waals surface area contributed by atoms with Gasteiger partial charge in [-0.3, -0.25) is 0 Å². The molecule has 18 heavy (non-hydrogen) atoms. The summed E-state index contributed by atoms with van der Waals surface area (Å²) in [6, 6.07) is 8.60. The number of aromatic nitrogens is 1. The molecular formula is C14H14ClFN2. The zero-order valence-electron chi connectivity index (χ0n) is 10.3. The number of anilines is 2. The Morgan fingerprint density at radius 3 is 2.67 bits per heavy atom. The van der Waals surface area contributed by atoms with Gasteiger partial charge in [-0.1, -0.05) is 12.1 Å². The molecule has 1 heterocycles. The maximum absolute atomic E-state index is 13.7. The van der Waals surface area contributed by atoms with Gasteiger partial charge in [-0.2, -0.15) is 0 Å². The molecule has 0 saturated heterocycles. The fourth-order valence-electron chi connectivity index (χ4n) is 1.89. The number of benzene rings is 1. The fraction of sp³-hybridized carbons (Fsp3) is 0.214. The largest absolute Gasteiger partial charge is 0.327 e. The van der Waals surface area contributed by atoms with Crippen molar-refractivity contribution in [3.05, 3.63) is 53.5 Å². The maximum atomic E-state index is 13.7. The van der Waals surface area contributed by atoms with Crippen LogP contribution in [-0.2, 0) is 5.88 Å². The molecule has 0 atom stereocenters. The Bertz CT molecular complexity index is 557. The predicted molar refractivity (Wildman–Crippen MR) is 73.0 cm³/mol. The Morgan fingerprint density at radius 1 is 1.33 bits per heavy atom. The number of hydrogen-bond acceptors (Lipinski definition) is 2. The van der Waals surface area contributed by atoms with Crippen LogP contribution in [-0.4, -0.2) is 12.0 Å². The summed E-state index contributed by atoms with van der Waals surface area (Å²) in [5.74, 6) is 0.897. The quantitative estimate of drug-likeness (QED) is 0.778. The van der Waals surface area contributed by atoms with Crippen molar-refractivity contribution in [2.24, 2.45) is 0 Å². The van der Waals surface area contributed by atoms with Crippen molar-refractivity contribution in [2.45, 2.75) is 12.8 Å². The first-order chi connectivity index (χ1) is 8.63. The number of rotatable bonds is 3. The summed E-state index contributed by atoms with van der Waals surface area (Å²) in [4.78, 5) is 6.08. The van der Waals surface area contributed by atoms with Crippen LogP contribution in [0.4, 0.5) is 15.9 Å². The van der Waals surface area contributed by atoms with Gasteiger partial charge in [-0.15, -0.1) is 11.6 Å². The van der Waals surface area contributed by atoms with Gasteiger partial charge in [-0.25, -0.2) is 9.37 Å². The number of aryl methyl sites for hydroxylation is 1. The summed E-state index contributed by atoms with van der Waals surface area (Å²) in [5, 5.41) is 0. The molecule has 0 aliphatic rings. The monoisotopic (exact) mass is 264 g/mol. The lowest BCUT2D eigenvalue weighted by Crippen LogP contribution is -2.14. The summed E-state index contributed by atoms with van der Waals surface area (Å²) >= 11 is 5.76. The van der Waals surface area contributed by atoms with Crippen LogP contribution in [0, 0.1) is 12.7 Å². The van der Waals surface area contributed by atoms with Crippen LogP contribution < -0.4 is 4.90 Å². The summed E-state index contributed by atoms with van der Waals surface area (Å²) in [6.45, 7) is 1.94. The Morgan fingerprint density at radius 2 is 2.06 bits per heavy atom. The number of alkyl halides is 1. The highest BCUT2D eigenvalue weighted by atomic mass is 35.5. The zero-order valence-corrected chi connectivity index (χ0v) is 11.1. The van der Waals surface area contributed by atoms with Crippen LogP contribution in [0.25, 0.3) is 0 Å². The average Bonchev–Trinajstić information content (AvgIpc) is 2.38. The summed E-state index contributed by atoms with van der Waals surface area (Å²) in [6.07, 6.45) is 1.71. The van der Waals surface area contributed by atoms with Gasteiger partial charge in [0.05, 0.1) is 5.69 Å². The van der Waals surface area contributed by atoms with E-state index >= 15 is 0 Å². The normalized spacial score (nSPS) is 10.4. The van der Waals surface area contributed by atoms with Gasteiger partial charge >= 0.3 is 0 Å². The molecule has 1 aromatic carbocycles. The third kappa shape index (κ3) is 2.46. The van der Waals surface area contributed by atoms with Gasteiger partial charge in [0, 0.05) is 19.1 Å². The molecule has 0 N–H and O–H groups in total. The second-order valence-corrected chi connectivity index (χ2v) is 4.40. The molecule has 2 aromatic rings.